The minimum atomic E-state index is 0.553. The maximum Gasteiger partial charge on any atom is 0.0783 e. The van der Waals surface area contributed by atoms with Crippen LogP contribution in [0.5, 0.6) is 0 Å². The normalized spacial score (nSPS) is 12.2. The van der Waals surface area contributed by atoms with Gasteiger partial charge in [-0.3, -0.25) is 4.99 Å². The molecule has 0 fully saturated rings. The van der Waals surface area contributed by atoms with Crippen molar-refractivity contribution in [2.24, 2.45) is 21.7 Å². The molecule has 0 radical (unpaired) electrons. The van der Waals surface area contributed by atoms with Gasteiger partial charge in [-0.1, -0.05) is 44.7 Å². The Hall–Kier alpha value is -1.68. The van der Waals surface area contributed by atoms with Crippen molar-refractivity contribution in [2.45, 2.75) is 52.0 Å². The van der Waals surface area contributed by atoms with E-state index < -0.39 is 0 Å². The highest BCUT2D eigenvalue weighted by atomic mass is 15.1. The Bertz CT molecular complexity index is 421. The van der Waals surface area contributed by atoms with E-state index >= 15 is 0 Å². The zero-order chi connectivity index (χ0) is 14.6. The molecule has 0 unspecified atom stereocenters. The summed E-state index contributed by atoms with van der Waals surface area (Å²) in [5.74, 6) is 5.40. The summed E-state index contributed by atoms with van der Waals surface area (Å²) >= 11 is 0. The maximum absolute atomic E-state index is 5.56. The van der Waals surface area contributed by atoms with Crippen molar-refractivity contribution in [3.8, 4) is 0 Å². The third-order valence-corrected chi connectivity index (χ3v) is 3.24. The van der Waals surface area contributed by atoms with Crippen molar-refractivity contribution in [3.63, 3.8) is 0 Å². The first-order chi connectivity index (χ1) is 9.80. The Kier molecular flexibility index (Phi) is 8.31. The molecule has 4 heteroatoms. The van der Waals surface area contributed by atoms with Crippen molar-refractivity contribution in [1.82, 2.24) is 0 Å². The molecule has 110 valence electrons. The molecule has 0 atom stereocenters. The van der Waals surface area contributed by atoms with Gasteiger partial charge in [-0.2, -0.15) is 5.10 Å². The van der Waals surface area contributed by atoms with Crippen LogP contribution >= 0.6 is 0 Å². The zero-order valence-corrected chi connectivity index (χ0v) is 12.4. The Labute approximate surface area is 122 Å². The number of benzene rings is 1. The summed E-state index contributed by atoms with van der Waals surface area (Å²) in [4.78, 5) is 4.39. The van der Waals surface area contributed by atoms with E-state index in [1.54, 1.807) is 6.21 Å². The minimum Gasteiger partial charge on any atom is -0.326 e. The highest BCUT2D eigenvalue weighted by molar-refractivity contribution is 6.30. The molecule has 0 saturated carbocycles. The van der Waals surface area contributed by atoms with Gasteiger partial charge in [0.15, 0.2) is 0 Å². The van der Waals surface area contributed by atoms with E-state index in [1.807, 2.05) is 24.3 Å². The quantitative estimate of drug-likeness (QED) is 0.313. The van der Waals surface area contributed by atoms with Gasteiger partial charge in [0.25, 0.3) is 0 Å². The van der Waals surface area contributed by atoms with Crippen LogP contribution in [-0.2, 0) is 6.54 Å². The second-order valence-electron chi connectivity index (χ2n) is 4.91. The van der Waals surface area contributed by atoms with Gasteiger partial charge in [-0.05, 0) is 30.5 Å². The number of unbranched alkanes of at least 4 members (excludes halogenated alkanes) is 4. The summed E-state index contributed by atoms with van der Waals surface area (Å²) < 4.78 is 0. The van der Waals surface area contributed by atoms with Gasteiger partial charge >= 0.3 is 0 Å². The van der Waals surface area contributed by atoms with E-state index in [0.717, 1.165) is 29.8 Å². The van der Waals surface area contributed by atoms with Crippen molar-refractivity contribution in [1.29, 1.82) is 0 Å². The SMILES string of the molecule is CCCCCCC/C(C=Nc1ccc(CN)cc1)=N/N. The van der Waals surface area contributed by atoms with Crippen molar-refractivity contribution < 1.29 is 0 Å². The van der Waals surface area contributed by atoms with E-state index in [0.29, 0.717) is 6.54 Å². The third kappa shape index (κ3) is 6.48. The number of aliphatic imine (C=N–C) groups is 1. The van der Waals surface area contributed by atoms with E-state index in [1.165, 1.54) is 25.7 Å². The molecule has 0 aliphatic heterocycles. The van der Waals surface area contributed by atoms with Gasteiger partial charge in [0.05, 0.1) is 17.6 Å². The Morgan fingerprint density at radius 1 is 1.10 bits per heavy atom. The molecule has 0 aromatic heterocycles. The third-order valence-electron chi connectivity index (χ3n) is 3.24. The first kappa shape index (κ1) is 16.4. The summed E-state index contributed by atoms with van der Waals surface area (Å²) in [6.07, 6.45) is 8.85. The van der Waals surface area contributed by atoms with Crippen molar-refractivity contribution in [2.75, 3.05) is 0 Å². The largest absolute Gasteiger partial charge is 0.326 e. The fraction of sp³-hybridized carbons (Fsp3) is 0.500. The number of hydrogen-bond donors (Lipinski definition) is 2. The Morgan fingerprint density at radius 3 is 2.40 bits per heavy atom. The van der Waals surface area contributed by atoms with Crippen LogP contribution in [-0.4, -0.2) is 11.9 Å². The second-order valence-corrected chi connectivity index (χ2v) is 4.91. The van der Waals surface area contributed by atoms with E-state index in [2.05, 4.69) is 17.0 Å². The molecule has 1 aromatic carbocycles. The summed E-state index contributed by atoms with van der Waals surface area (Å²) in [5.41, 5.74) is 8.41. The lowest BCUT2D eigenvalue weighted by atomic mass is 10.1. The lowest BCUT2D eigenvalue weighted by Gasteiger charge is -2.01. The highest BCUT2D eigenvalue weighted by Crippen LogP contribution is 2.12. The average Bonchev–Trinajstić information content (AvgIpc) is 2.50. The Balaban J connectivity index is 2.40. The van der Waals surface area contributed by atoms with Gasteiger partial charge < -0.3 is 11.6 Å². The molecule has 1 rings (SSSR count). The number of hydrazone groups is 1. The summed E-state index contributed by atoms with van der Waals surface area (Å²) in [6, 6.07) is 7.87. The fourth-order valence-corrected chi connectivity index (χ4v) is 1.94. The number of hydrogen-bond acceptors (Lipinski definition) is 4. The first-order valence-electron chi connectivity index (χ1n) is 7.40. The maximum atomic E-state index is 5.56. The monoisotopic (exact) mass is 274 g/mol. The number of rotatable bonds is 9. The molecule has 4 N–H and O–H groups in total. The number of nitrogens with zero attached hydrogens (tertiary/aromatic N) is 2. The Morgan fingerprint density at radius 2 is 1.80 bits per heavy atom. The molecule has 20 heavy (non-hydrogen) atoms. The smallest absolute Gasteiger partial charge is 0.0783 e. The molecule has 4 nitrogen and oxygen atoms in total. The minimum absolute atomic E-state index is 0.553. The van der Waals surface area contributed by atoms with Crippen LogP contribution in [0.25, 0.3) is 0 Å². The van der Waals surface area contributed by atoms with Gasteiger partial charge in [0.2, 0.25) is 0 Å². The molecule has 0 amide bonds. The predicted octanol–water partition coefficient (Wildman–Crippen LogP) is 3.52. The van der Waals surface area contributed by atoms with Crippen LogP contribution < -0.4 is 11.6 Å². The lowest BCUT2D eigenvalue weighted by molar-refractivity contribution is 0.644. The van der Waals surface area contributed by atoms with Crippen molar-refractivity contribution >= 4 is 17.6 Å². The molecule has 0 spiro atoms. The van der Waals surface area contributed by atoms with Crippen LogP contribution in [0.1, 0.15) is 51.0 Å². The fourth-order valence-electron chi connectivity index (χ4n) is 1.94. The molecule has 0 aliphatic carbocycles. The molecule has 0 bridgehead atoms. The zero-order valence-electron chi connectivity index (χ0n) is 12.4. The van der Waals surface area contributed by atoms with E-state index in [-0.39, 0.29) is 0 Å². The van der Waals surface area contributed by atoms with Crippen molar-refractivity contribution in [3.05, 3.63) is 29.8 Å². The highest BCUT2D eigenvalue weighted by Gasteiger charge is 1.97. The lowest BCUT2D eigenvalue weighted by Crippen LogP contribution is -2.03. The predicted molar refractivity (Wildman–Crippen MR) is 87.5 cm³/mol. The molecule has 0 aliphatic rings. The van der Waals surface area contributed by atoms with Crippen LogP contribution in [0.3, 0.4) is 0 Å². The van der Waals surface area contributed by atoms with E-state index in [4.69, 9.17) is 11.6 Å². The topological polar surface area (TPSA) is 76.8 Å². The van der Waals surface area contributed by atoms with Crippen LogP contribution in [0.15, 0.2) is 34.4 Å². The second kappa shape index (κ2) is 10.1. The molecule has 0 heterocycles. The van der Waals surface area contributed by atoms with E-state index in [9.17, 15) is 0 Å². The average molecular weight is 274 g/mol. The molecule has 1 aromatic rings. The first-order valence-corrected chi connectivity index (χ1v) is 7.40. The van der Waals surface area contributed by atoms with Gasteiger partial charge in [-0.25, -0.2) is 0 Å². The van der Waals surface area contributed by atoms with Crippen LogP contribution in [0.4, 0.5) is 5.69 Å². The van der Waals surface area contributed by atoms with Crippen LogP contribution in [0, 0.1) is 0 Å². The summed E-state index contributed by atoms with van der Waals surface area (Å²) in [6.45, 7) is 2.77. The van der Waals surface area contributed by atoms with Gasteiger partial charge in [0, 0.05) is 6.54 Å². The molecule has 0 saturated heterocycles. The number of nitrogens with two attached hydrogens (primary N) is 2. The summed E-state index contributed by atoms with van der Waals surface area (Å²) in [7, 11) is 0. The van der Waals surface area contributed by atoms with Crippen LogP contribution in [0.2, 0.25) is 0 Å². The molecular formula is C16H26N4. The standard InChI is InChI=1S/C16H26N4/c1-2-3-4-5-6-7-16(20-18)13-19-15-10-8-14(12-17)9-11-15/h8-11,13H,2-7,12,17-18H2,1H3/b19-13?,20-16-. The van der Waals surface area contributed by atoms with Gasteiger partial charge in [-0.15, -0.1) is 0 Å². The van der Waals surface area contributed by atoms with Gasteiger partial charge in [0.1, 0.15) is 0 Å². The summed E-state index contributed by atoms with van der Waals surface area (Å²) in [5, 5.41) is 3.80. The molecular weight excluding hydrogens is 248 g/mol.